The minimum atomic E-state index is 1.09. The van der Waals surface area contributed by atoms with Gasteiger partial charge >= 0.3 is 0 Å². The van der Waals surface area contributed by atoms with Crippen LogP contribution in [-0.2, 0) is 0 Å². The normalized spacial score (nSPS) is 21.8. The van der Waals surface area contributed by atoms with Gasteiger partial charge in [0.05, 0.1) is 0 Å². The molecule has 1 N–H and O–H groups in total. The molecule has 68 valence electrons. The Bertz CT molecular complexity index is 216. The standard InChI is InChI=1S/C10H18N2/c1-8(2)9(3)10-11-6-5-7-12(10)4/h11H,1,5-7H2,2-4H3/b10-9-. The molecule has 1 aliphatic heterocycles. The molecule has 1 rings (SSSR count). The van der Waals surface area contributed by atoms with E-state index >= 15 is 0 Å². The zero-order valence-corrected chi connectivity index (χ0v) is 8.28. The Labute approximate surface area is 74.9 Å². The molecule has 2 nitrogen and oxygen atoms in total. The third kappa shape index (κ3) is 1.81. The highest BCUT2D eigenvalue weighted by Gasteiger charge is 2.12. The summed E-state index contributed by atoms with van der Waals surface area (Å²) in [6.07, 6.45) is 1.23. The van der Waals surface area contributed by atoms with E-state index < -0.39 is 0 Å². The number of nitrogens with one attached hydrogen (secondary N) is 1. The van der Waals surface area contributed by atoms with E-state index in [1.54, 1.807) is 0 Å². The molecule has 0 amide bonds. The summed E-state index contributed by atoms with van der Waals surface area (Å²) in [5, 5.41) is 3.39. The quantitative estimate of drug-likeness (QED) is 0.638. The summed E-state index contributed by atoms with van der Waals surface area (Å²) in [5.74, 6) is 1.24. The average molecular weight is 166 g/mol. The number of hydrogen-bond acceptors (Lipinski definition) is 2. The monoisotopic (exact) mass is 166 g/mol. The van der Waals surface area contributed by atoms with Crippen molar-refractivity contribution in [2.45, 2.75) is 20.3 Å². The van der Waals surface area contributed by atoms with Crippen LogP contribution in [0.3, 0.4) is 0 Å². The van der Waals surface area contributed by atoms with Crippen molar-refractivity contribution in [3.8, 4) is 0 Å². The zero-order chi connectivity index (χ0) is 9.14. The van der Waals surface area contributed by atoms with Crippen LogP contribution in [0.5, 0.6) is 0 Å². The molecule has 0 unspecified atom stereocenters. The van der Waals surface area contributed by atoms with Crippen molar-refractivity contribution >= 4 is 0 Å². The van der Waals surface area contributed by atoms with Crippen LogP contribution in [-0.4, -0.2) is 25.0 Å². The first-order valence-corrected chi connectivity index (χ1v) is 4.44. The number of nitrogens with zero attached hydrogens (tertiary/aromatic N) is 1. The van der Waals surface area contributed by atoms with E-state index in [0.29, 0.717) is 0 Å². The Balaban J connectivity index is 2.82. The van der Waals surface area contributed by atoms with Gasteiger partial charge in [0.1, 0.15) is 5.82 Å². The fourth-order valence-electron chi connectivity index (χ4n) is 1.39. The fraction of sp³-hybridized carbons (Fsp3) is 0.600. The molecule has 0 aliphatic carbocycles. The third-order valence-corrected chi connectivity index (χ3v) is 2.34. The molecule has 12 heavy (non-hydrogen) atoms. The van der Waals surface area contributed by atoms with Crippen molar-refractivity contribution < 1.29 is 0 Å². The summed E-state index contributed by atoms with van der Waals surface area (Å²) in [4.78, 5) is 2.26. The van der Waals surface area contributed by atoms with E-state index in [-0.39, 0.29) is 0 Å². The van der Waals surface area contributed by atoms with Gasteiger partial charge < -0.3 is 10.2 Å². The summed E-state index contributed by atoms with van der Waals surface area (Å²) in [6, 6.07) is 0. The zero-order valence-electron chi connectivity index (χ0n) is 8.28. The summed E-state index contributed by atoms with van der Waals surface area (Å²) < 4.78 is 0. The van der Waals surface area contributed by atoms with Crippen molar-refractivity contribution in [2.24, 2.45) is 0 Å². The number of rotatable bonds is 1. The molecular formula is C10H18N2. The molecule has 2 heteroatoms. The van der Waals surface area contributed by atoms with Crippen molar-refractivity contribution in [2.75, 3.05) is 20.1 Å². The highest BCUT2D eigenvalue weighted by Crippen LogP contribution is 2.15. The molecule has 0 radical (unpaired) electrons. The van der Waals surface area contributed by atoms with Gasteiger partial charge in [-0.05, 0) is 25.8 Å². The highest BCUT2D eigenvalue weighted by molar-refractivity contribution is 5.28. The molecule has 1 aliphatic rings. The van der Waals surface area contributed by atoms with E-state index in [4.69, 9.17) is 0 Å². The van der Waals surface area contributed by atoms with Gasteiger partial charge in [-0.2, -0.15) is 0 Å². The largest absolute Gasteiger partial charge is 0.371 e. The topological polar surface area (TPSA) is 15.3 Å². The Morgan fingerprint density at radius 2 is 2.17 bits per heavy atom. The van der Waals surface area contributed by atoms with Crippen LogP contribution >= 0.6 is 0 Å². The Kier molecular flexibility index (Phi) is 2.79. The summed E-state index contributed by atoms with van der Waals surface area (Å²) >= 11 is 0. The lowest BCUT2D eigenvalue weighted by Crippen LogP contribution is -2.37. The van der Waals surface area contributed by atoms with Crippen LogP contribution in [0, 0.1) is 0 Å². The maximum absolute atomic E-state index is 3.94. The van der Waals surface area contributed by atoms with E-state index in [0.717, 1.165) is 18.7 Å². The first kappa shape index (κ1) is 9.17. The van der Waals surface area contributed by atoms with E-state index in [2.05, 4.69) is 30.8 Å². The molecule has 1 fully saturated rings. The van der Waals surface area contributed by atoms with Gasteiger partial charge in [-0.15, -0.1) is 0 Å². The maximum atomic E-state index is 3.94. The third-order valence-electron chi connectivity index (χ3n) is 2.34. The van der Waals surface area contributed by atoms with Gasteiger partial charge in [0.15, 0.2) is 0 Å². The van der Waals surface area contributed by atoms with E-state index in [1.807, 2.05) is 6.92 Å². The van der Waals surface area contributed by atoms with Crippen LogP contribution < -0.4 is 5.32 Å². The molecule has 0 aromatic carbocycles. The Morgan fingerprint density at radius 3 is 2.67 bits per heavy atom. The molecule has 0 bridgehead atoms. The minimum Gasteiger partial charge on any atom is -0.371 e. The van der Waals surface area contributed by atoms with E-state index in [1.165, 1.54) is 17.8 Å². The lowest BCUT2D eigenvalue weighted by atomic mass is 10.1. The van der Waals surface area contributed by atoms with E-state index in [9.17, 15) is 0 Å². The van der Waals surface area contributed by atoms with Crippen molar-refractivity contribution in [3.05, 3.63) is 23.5 Å². The molecule has 0 saturated carbocycles. The van der Waals surface area contributed by atoms with Crippen LogP contribution in [0.1, 0.15) is 20.3 Å². The molecule has 1 saturated heterocycles. The average Bonchev–Trinajstić information content (AvgIpc) is 2.04. The van der Waals surface area contributed by atoms with Crippen LogP contribution in [0.2, 0.25) is 0 Å². The van der Waals surface area contributed by atoms with Gasteiger partial charge in [-0.1, -0.05) is 12.2 Å². The second-order valence-electron chi connectivity index (χ2n) is 3.46. The fourth-order valence-corrected chi connectivity index (χ4v) is 1.39. The SMILES string of the molecule is C=C(C)/C(C)=C1/NCCCN1C. The molecule has 1 heterocycles. The first-order chi connectivity index (χ1) is 5.63. The summed E-state index contributed by atoms with van der Waals surface area (Å²) in [6.45, 7) is 10.3. The molecular weight excluding hydrogens is 148 g/mol. The Morgan fingerprint density at radius 1 is 1.50 bits per heavy atom. The summed E-state index contributed by atoms with van der Waals surface area (Å²) in [7, 11) is 2.12. The van der Waals surface area contributed by atoms with Gasteiger partial charge in [0, 0.05) is 20.1 Å². The molecule has 0 aromatic heterocycles. The highest BCUT2D eigenvalue weighted by atomic mass is 15.2. The summed E-state index contributed by atoms with van der Waals surface area (Å²) in [5.41, 5.74) is 2.42. The van der Waals surface area contributed by atoms with Crippen LogP contribution in [0.25, 0.3) is 0 Å². The van der Waals surface area contributed by atoms with Gasteiger partial charge in [0.25, 0.3) is 0 Å². The molecule has 0 spiro atoms. The van der Waals surface area contributed by atoms with Crippen molar-refractivity contribution in [3.63, 3.8) is 0 Å². The maximum Gasteiger partial charge on any atom is 0.104 e. The number of hydrogen-bond donors (Lipinski definition) is 1. The molecule has 0 aromatic rings. The van der Waals surface area contributed by atoms with Crippen LogP contribution in [0.15, 0.2) is 23.5 Å². The molecule has 0 atom stereocenters. The Hall–Kier alpha value is -0.920. The second-order valence-corrected chi connectivity index (χ2v) is 3.46. The van der Waals surface area contributed by atoms with Crippen molar-refractivity contribution in [1.82, 2.24) is 10.2 Å². The smallest absolute Gasteiger partial charge is 0.104 e. The second kappa shape index (κ2) is 3.65. The predicted octanol–water partition coefficient (Wildman–Crippen LogP) is 1.72. The predicted molar refractivity (Wildman–Crippen MR) is 52.8 cm³/mol. The number of allylic oxidation sites excluding steroid dienone is 2. The van der Waals surface area contributed by atoms with Gasteiger partial charge in [-0.3, -0.25) is 0 Å². The first-order valence-electron chi connectivity index (χ1n) is 4.44. The lowest BCUT2D eigenvalue weighted by molar-refractivity contribution is 0.330. The van der Waals surface area contributed by atoms with Gasteiger partial charge in [-0.25, -0.2) is 0 Å². The lowest BCUT2D eigenvalue weighted by Gasteiger charge is -2.30. The van der Waals surface area contributed by atoms with Crippen molar-refractivity contribution in [1.29, 1.82) is 0 Å². The van der Waals surface area contributed by atoms with Crippen LogP contribution in [0.4, 0.5) is 0 Å². The minimum absolute atomic E-state index is 1.09. The van der Waals surface area contributed by atoms with Gasteiger partial charge in [0.2, 0.25) is 0 Å².